The summed E-state index contributed by atoms with van der Waals surface area (Å²) in [5, 5.41) is 9.46. The summed E-state index contributed by atoms with van der Waals surface area (Å²) >= 11 is 1.56. The van der Waals surface area contributed by atoms with Crippen molar-refractivity contribution in [1.29, 1.82) is 0 Å². The first-order valence-corrected chi connectivity index (χ1v) is 8.41. The number of aryl methyl sites for hydroxylation is 2. The van der Waals surface area contributed by atoms with Crippen molar-refractivity contribution in [1.82, 2.24) is 9.88 Å². The first-order chi connectivity index (χ1) is 11.1. The molecule has 23 heavy (non-hydrogen) atoms. The van der Waals surface area contributed by atoms with Crippen LogP contribution in [0.15, 0.2) is 29.8 Å². The molecule has 1 aromatic carbocycles. The first-order valence-electron chi connectivity index (χ1n) is 7.53. The number of benzene rings is 1. The highest BCUT2D eigenvalue weighted by atomic mass is 32.1. The highest BCUT2D eigenvalue weighted by Crippen LogP contribution is 2.29. The molecule has 1 amide bonds. The van der Waals surface area contributed by atoms with E-state index in [9.17, 15) is 14.7 Å². The Labute approximate surface area is 138 Å². The molecule has 0 radical (unpaired) electrons. The second-order valence-corrected chi connectivity index (χ2v) is 6.66. The fraction of sp³-hybridized carbons (Fsp3) is 0.353. The van der Waals surface area contributed by atoms with Gasteiger partial charge in [-0.2, -0.15) is 0 Å². The smallest absolute Gasteiger partial charge is 0.312 e. The molecule has 0 saturated heterocycles. The molecule has 5 nitrogen and oxygen atoms in total. The van der Waals surface area contributed by atoms with Crippen molar-refractivity contribution in [2.24, 2.45) is 0 Å². The van der Waals surface area contributed by atoms with Crippen LogP contribution in [0.5, 0.6) is 0 Å². The molecular formula is C17H18N2O3S. The third kappa shape index (κ3) is 3.27. The topological polar surface area (TPSA) is 70.5 Å². The zero-order valence-electron chi connectivity index (χ0n) is 12.9. The molecule has 1 aromatic heterocycles. The molecule has 0 bridgehead atoms. The molecule has 0 fully saturated rings. The standard InChI is InChI=1S/C17H18N2O3S/c1-11-15(23-10-18-11)6-7-16(20)19-8-12-4-2-3-5-13(12)14(9-19)17(21)22/h2-5,10,14H,6-9H2,1H3,(H,21,22). The zero-order chi connectivity index (χ0) is 16.4. The number of nitrogens with zero attached hydrogens (tertiary/aromatic N) is 2. The number of aliphatic carboxylic acids is 1. The lowest BCUT2D eigenvalue weighted by atomic mass is 9.89. The van der Waals surface area contributed by atoms with E-state index in [1.165, 1.54) is 0 Å². The number of fused-ring (bicyclic) bond motifs is 1. The Hall–Kier alpha value is -2.21. The van der Waals surface area contributed by atoms with Crippen LogP contribution in [0.4, 0.5) is 0 Å². The number of thiazole rings is 1. The molecule has 2 heterocycles. The third-order valence-electron chi connectivity index (χ3n) is 4.26. The number of amides is 1. The van der Waals surface area contributed by atoms with Gasteiger partial charge in [-0.05, 0) is 24.5 Å². The Balaban J connectivity index is 1.72. The van der Waals surface area contributed by atoms with Crippen LogP contribution in [0.2, 0.25) is 0 Å². The van der Waals surface area contributed by atoms with Crippen LogP contribution in [-0.4, -0.2) is 33.4 Å². The summed E-state index contributed by atoms with van der Waals surface area (Å²) in [5.41, 5.74) is 4.50. The highest BCUT2D eigenvalue weighted by Gasteiger charge is 2.32. The van der Waals surface area contributed by atoms with E-state index >= 15 is 0 Å². The predicted molar refractivity (Wildman–Crippen MR) is 87.4 cm³/mol. The van der Waals surface area contributed by atoms with E-state index in [0.717, 1.165) is 21.7 Å². The van der Waals surface area contributed by atoms with Gasteiger partial charge in [0, 0.05) is 24.4 Å². The van der Waals surface area contributed by atoms with E-state index in [2.05, 4.69) is 4.98 Å². The summed E-state index contributed by atoms with van der Waals surface area (Å²) < 4.78 is 0. The van der Waals surface area contributed by atoms with Crippen molar-refractivity contribution in [3.05, 3.63) is 51.5 Å². The van der Waals surface area contributed by atoms with Gasteiger partial charge in [-0.1, -0.05) is 24.3 Å². The molecule has 0 spiro atoms. The van der Waals surface area contributed by atoms with Gasteiger partial charge in [-0.15, -0.1) is 11.3 Å². The molecule has 1 aliphatic rings. The average Bonchev–Trinajstić information content (AvgIpc) is 2.96. The van der Waals surface area contributed by atoms with Crippen molar-refractivity contribution >= 4 is 23.2 Å². The van der Waals surface area contributed by atoms with Gasteiger partial charge in [0.1, 0.15) is 0 Å². The highest BCUT2D eigenvalue weighted by molar-refractivity contribution is 7.09. The lowest BCUT2D eigenvalue weighted by Crippen LogP contribution is -2.40. The minimum atomic E-state index is -0.881. The number of hydrogen-bond donors (Lipinski definition) is 1. The Morgan fingerprint density at radius 1 is 1.39 bits per heavy atom. The van der Waals surface area contributed by atoms with Gasteiger partial charge in [0.25, 0.3) is 0 Å². The summed E-state index contributed by atoms with van der Waals surface area (Å²) in [6.45, 7) is 2.67. The van der Waals surface area contributed by atoms with Crippen LogP contribution < -0.4 is 0 Å². The maximum absolute atomic E-state index is 12.5. The van der Waals surface area contributed by atoms with Crippen molar-refractivity contribution in [3.8, 4) is 0 Å². The van der Waals surface area contributed by atoms with Crippen LogP contribution in [-0.2, 0) is 22.6 Å². The van der Waals surface area contributed by atoms with Crippen molar-refractivity contribution in [2.45, 2.75) is 32.2 Å². The molecule has 1 aliphatic heterocycles. The van der Waals surface area contributed by atoms with Gasteiger partial charge in [0.15, 0.2) is 0 Å². The molecule has 2 aromatic rings. The Kier molecular flexibility index (Phi) is 4.43. The van der Waals surface area contributed by atoms with Gasteiger partial charge in [0.2, 0.25) is 5.91 Å². The number of carboxylic acid groups (broad SMARTS) is 1. The monoisotopic (exact) mass is 330 g/mol. The van der Waals surface area contributed by atoms with Gasteiger partial charge >= 0.3 is 5.97 Å². The number of rotatable bonds is 4. The maximum atomic E-state index is 12.5. The van der Waals surface area contributed by atoms with E-state index in [1.54, 1.807) is 21.7 Å². The number of hydrogen-bond acceptors (Lipinski definition) is 4. The number of carbonyl (C=O) groups is 2. The molecule has 120 valence electrons. The van der Waals surface area contributed by atoms with E-state index in [1.807, 2.05) is 31.2 Å². The number of carbonyl (C=O) groups excluding carboxylic acids is 1. The van der Waals surface area contributed by atoms with E-state index < -0.39 is 11.9 Å². The van der Waals surface area contributed by atoms with Gasteiger partial charge in [-0.3, -0.25) is 9.59 Å². The molecule has 1 N–H and O–H groups in total. The van der Waals surface area contributed by atoms with E-state index in [4.69, 9.17) is 0 Å². The normalized spacial score (nSPS) is 16.9. The fourth-order valence-electron chi connectivity index (χ4n) is 2.95. The van der Waals surface area contributed by atoms with Crippen molar-refractivity contribution < 1.29 is 14.7 Å². The molecule has 3 rings (SSSR count). The number of carboxylic acids is 1. The predicted octanol–water partition coefficient (Wildman–Crippen LogP) is 2.59. The second kappa shape index (κ2) is 6.50. The van der Waals surface area contributed by atoms with Crippen LogP contribution in [0.25, 0.3) is 0 Å². The molecule has 0 saturated carbocycles. The Morgan fingerprint density at radius 3 is 2.87 bits per heavy atom. The van der Waals surface area contributed by atoms with Crippen molar-refractivity contribution in [3.63, 3.8) is 0 Å². The molecular weight excluding hydrogens is 312 g/mol. The SMILES string of the molecule is Cc1ncsc1CCC(=O)N1Cc2ccccc2C(C(=O)O)C1. The van der Waals surface area contributed by atoms with Crippen LogP contribution in [0.3, 0.4) is 0 Å². The summed E-state index contributed by atoms with van der Waals surface area (Å²) in [6.07, 6.45) is 1.04. The van der Waals surface area contributed by atoms with Crippen LogP contribution in [0.1, 0.15) is 34.0 Å². The molecule has 1 atom stereocenters. The van der Waals surface area contributed by atoms with E-state index in [0.29, 0.717) is 19.4 Å². The van der Waals surface area contributed by atoms with Gasteiger partial charge in [0.05, 0.1) is 17.1 Å². The molecule has 6 heteroatoms. The molecule has 0 aliphatic carbocycles. The summed E-state index contributed by atoms with van der Waals surface area (Å²) in [4.78, 5) is 31.0. The second-order valence-electron chi connectivity index (χ2n) is 5.72. The van der Waals surface area contributed by atoms with E-state index in [-0.39, 0.29) is 12.5 Å². The lowest BCUT2D eigenvalue weighted by Gasteiger charge is -2.32. The quantitative estimate of drug-likeness (QED) is 0.935. The first kappa shape index (κ1) is 15.7. The van der Waals surface area contributed by atoms with Crippen LogP contribution >= 0.6 is 11.3 Å². The van der Waals surface area contributed by atoms with Crippen molar-refractivity contribution in [2.75, 3.05) is 6.54 Å². The fourth-order valence-corrected chi connectivity index (χ4v) is 3.73. The zero-order valence-corrected chi connectivity index (χ0v) is 13.7. The minimum Gasteiger partial charge on any atom is -0.481 e. The summed E-state index contributed by atoms with van der Waals surface area (Å²) in [5.74, 6) is -1.53. The Morgan fingerprint density at radius 2 is 2.17 bits per heavy atom. The largest absolute Gasteiger partial charge is 0.481 e. The van der Waals surface area contributed by atoms with Gasteiger partial charge in [-0.25, -0.2) is 4.98 Å². The number of aromatic nitrogens is 1. The van der Waals surface area contributed by atoms with Gasteiger partial charge < -0.3 is 10.0 Å². The third-order valence-corrected chi connectivity index (χ3v) is 5.25. The maximum Gasteiger partial charge on any atom is 0.312 e. The molecule has 1 unspecified atom stereocenters. The van der Waals surface area contributed by atoms with Crippen LogP contribution in [0, 0.1) is 6.92 Å². The average molecular weight is 330 g/mol. The summed E-state index contributed by atoms with van der Waals surface area (Å²) in [7, 11) is 0. The lowest BCUT2D eigenvalue weighted by molar-refractivity contribution is -0.141. The minimum absolute atomic E-state index is 0.00134. The Bertz CT molecular complexity index is 741. The summed E-state index contributed by atoms with van der Waals surface area (Å²) in [6, 6.07) is 7.47.